The minimum absolute atomic E-state index is 0.528. The van der Waals surface area contributed by atoms with Crippen LogP contribution in [0.25, 0.3) is 11.3 Å². The quantitative estimate of drug-likeness (QED) is 0.597. The first-order chi connectivity index (χ1) is 16.6. The molecule has 0 amide bonds. The molecule has 0 saturated carbocycles. The first kappa shape index (κ1) is 21.6. The van der Waals surface area contributed by atoms with E-state index in [9.17, 15) is 0 Å². The van der Waals surface area contributed by atoms with Crippen LogP contribution in [0.1, 0.15) is 6.42 Å². The predicted octanol–water partition coefficient (Wildman–Crippen LogP) is 3.66. The molecule has 1 N–H and O–H groups in total. The number of likely N-dealkylation sites (N-methyl/N-ethyl adjacent to an activating group) is 1. The number of piperazine rings is 1. The lowest BCUT2D eigenvalue weighted by Gasteiger charge is -2.34. The van der Waals surface area contributed by atoms with Crippen molar-refractivity contribution in [3.63, 3.8) is 0 Å². The lowest BCUT2D eigenvalue weighted by Crippen LogP contribution is -2.44. The van der Waals surface area contributed by atoms with Gasteiger partial charge in [-0.15, -0.1) is 0 Å². The Morgan fingerprint density at radius 3 is 2.62 bits per heavy atom. The number of aromatic nitrogens is 3. The number of halogens is 1. The van der Waals surface area contributed by atoms with E-state index < -0.39 is 0 Å². The Labute approximate surface area is 204 Å². The largest absolute Gasteiger partial charge is 0.378 e. The predicted molar refractivity (Wildman–Crippen MR) is 135 cm³/mol. The highest BCUT2D eigenvalue weighted by molar-refractivity contribution is 6.33. The fraction of sp³-hybridized carbons (Fsp3) is 0.400. The summed E-state index contributed by atoms with van der Waals surface area (Å²) in [4.78, 5) is 20.9. The van der Waals surface area contributed by atoms with Crippen LogP contribution in [-0.4, -0.2) is 78.4 Å². The summed E-state index contributed by atoms with van der Waals surface area (Å²) >= 11 is 6.70. The zero-order valence-electron chi connectivity index (χ0n) is 19.2. The van der Waals surface area contributed by atoms with Crippen molar-refractivity contribution in [1.29, 1.82) is 0 Å². The number of nitrogens with one attached hydrogen (secondary N) is 1. The highest BCUT2D eigenvalue weighted by Gasteiger charge is 2.41. The highest BCUT2D eigenvalue weighted by Crippen LogP contribution is 2.38. The third-order valence-corrected chi connectivity index (χ3v) is 7.36. The molecule has 1 aromatic carbocycles. The molecule has 9 heteroatoms. The number of hydrogen-bond acceptors (Lipinski definition) is 8. The molecule has 0 unspecified atom stereocenters. The Balaban J connectivity index is 1.16. The molecule has 0 aliphatic carbocycles. The van der Waals surface area contributed by atoms with Gasteiger partial charge in [-0.2, -0.15) is 0 Å². The summed E-state index contributed by atoms with van der Waals surface area (Å²) in [6, 6.07) is 13.3. The maximum atomic E-state index is 6.70. The Morgan fingerprint density at radius 1 is 1.03 bits per heavy atom. The number of hydrogen-bond donors (Lipinski definition) is 1. The lowest BCUT2D eigenvalue weighted by molar-refractivity contribution is 0.122. The number of pyridine rings is 1. The van der Waals surface area contributed by atoms with Crippen molar-refractivity contribution in [2.24, 2.45) is 0 Å². The van der Waals surface area contributed by atoms with Gasteiger partial charge in [0.1, 0.15) is 5.82 Å². The van der Waals surface area contributed by atoms with Gasteiger partial charge in [0.05, 0.1) is 29.6 Å². The van der Waals surface area contributed by atoms with Gasteiger partial charge in [-0.25, -0.2) is 15.0 Å². The van der Waals surface area contributed by atoms with Crippen LogP contribution in [0.15, 0.2) is 48.8 Å². The third-order valence-electron chi connectivity index (χ3n) is 7.06. The molecular weight excluding hydrogens is 450 g/mol. The van der Waals surface area contributed by atoms with Gasteiger partial charge in [-0.05, 0) is 49.9 Å². The van der Waals surface area contributed by atoms with Gasteiger partial charge in [0, 0.05) is 61.9 Å². The molecule has 3 fully saturated rings. The van der Waals surface area contributed by atoms with Crippen molar-refractivity contribution >= 4 is 34.7 Å². The van der Waals surface area contributed by atoms with Crippen LogP contribution in [0.4, 0.5) is 23.1 Å². The topological polar surface area (TPSA) is 69.7 Å². The van der Waals surface area contributed by atoms with Crippen LogP contribution >= 0.6 is 11.6 Å². The maximum absolute atomic E-state index is 6.70. The molecule has 34 heavy (non-hydrogen) atoms. The molecule has 2 atom stereocenters. The molecule has 3 aliphatic heterocycles. The number of likely N-dealkylation sites (tertiary alicyclic amines) is 1. The van der Waals surface area contributed by atoms with Crippen LogP contribution in [0.3, 0.4) is 0 Å². The van der Waals surface area contributed by atoms with Crippen molar-refractivity contribution in [2.45, 2.75) is 18.5 Å². The molecular formula is C25H28ClN7O. The molecule has 0 radical (unpaired) electrons. The molecule has 3 aromatic rings. The van der Waals surface area contributed by atoms with Gasteiger partial charge in [0.2, 0.25) is 5.95 Å². The van der Waals surface area contributed by atoms with E-state index in [0.717, 1.165) is 72.9 Å². The summed E-state index contributed by atoms with van der Waals surface area (Å²) in [5.41, 5.74) is 3.74. The SMILES string of the molecule is CN1C[C@@H]2C[C@H]1CN2c1ccc(Nc2nccc(-c3ccc(N4CCOCC4)nc3)n2)cc1Cl. The van der Waals surface area contributed by atoms with E-state index in [1.807, 2.05) is 30.5 Å². The summed E-state index contributed by atoms with van der Waals surface area (Å²) in [5.74, 6) is 1.49. The zero-order valence-corrected chi connectivity index (χ0v) is 19.9. The van der Waals surface area contributed by atoms with Crippen LogP contribution in [-0.2, 0) is 4.74 Å². The molecule has 176 valence electrons. The number of benzene rings is 1. The Hall–Kier alpha value is -2.94. The number of anilines is 4. The van der Waals surface area contributed by atoms with Gasteiger partial charge >= 0.3 is 0 Å². The Bertz CT molecular complexity index is 1170. The number of rotatable bonds is 5. The van der Waals surface area contributed by atoms with Gasteiger partial charge in [-0.1, -0.05) is 11.6 Å². The van der Waals surface area contributed by atoms with Crippen molar-refractivity contribution in [3.05, 3.63) is 53.8 Å². The second-order valence-electron chi connectivity index (χ2n) is 9.20. The molecule has 2 aromatic heterocycles. The van der Waals surface area contributed by atoms with E-state index in [-0.39, 0.29) is 0 Å². The lowest BCUT2D eigenvalue weighted by atomic mass is 10.2. The third kappa shape index (κ3) is 4.17. The molecule has 6 rings (SSSR count). The smallest absolute Gasteiger partial charge is 0.227 e. The van der Waals surface area contributed by atoms with Crippen molar-refractivity contribution in [1.82, 2.24) is 19.9 Å². The van der Waals surface area contributed by atoms with Crippen LogP contribution in [0, 0.1) is 0 Å². The normalized spacial score (nSPS) is 22.4. The van der Waals surface area contributed by atoms with Gasteiger partial charge in [0.25, 0.3) is 0 Å². The second kappa shape index (κ2) is 9.02. The van der Waals surface area contributed by atoms with E-state index in [1.54, 1.807) is 6.20 Å². The van der Waals surface area contributed by atoms with E-state index in [2.05, 4.69) is 49.2 Å². The minimum atomic E-state index is 0.528. The fourth-order valence-corrected chi connectivity index (χ4v) is 5.49. The first-order valence-corrected chi connectivity index (χ1v) is 12.2. The van der Waals surface area contributed by atoms with Crippen molar-refractivity contribution < 1.29 is 4.74 Å². The second-order valence-corrected chi connectivity index (χ2v) is 9.60. The first-order valence-electron chi connectivity index (χ1n) is 11.8. The number of fused-ring (bicyclic) bond motifs is 2. The van der Waals surface area contributed by atoms with Gasteiger partial charge in [-0.3, -0.25) is 4.90 Å². The summed E-state index contributed by atoms with van der Waals surface area (Å²) in [5, 5.41) is 4.05. The molecule has 8 nitrogen and oxygen atoms in total. The highest BCUT2D eigenvalue weighted by atomic mass is 35.5. The summed E-state index contributed by atoms with van der Waals surface area (Å²) in [6.07, 6.45) is 4.84. The molecule has 2 bridgehead atoms. The van der Waals surface area contributed by atoms with E-state index in [0.29, 0.717) is 18.0 Å². The molecule has 0 spiro atoms. The van der Waals surface area contributed by atoms with Crippen LogP contribution in [0.5, 0.6) is 0 Å². The van der Waals surface area contributed by atoms with Gasteiger partial charge < -0.3 is 19.9 Å². The zero-order chi connectivity index (χ0) is 23.1. The Kier molecular flexibility index (Phi) is 5.72. The standard InChI is InChI=1S/C25H28ClN7O/c1-31-15-20-13-19(31)16-33(20)23-4-3-18(12-21(23)26)29-25-27-7-6-22(30-25)17-2-5-24(28-14-17)32-8-10-34-11-9-32/h2-7,12,14,19-20H,8-11,13,15-16H2,1H3,(H,27,29,30)/t19-,20-/m0/s1. The van der Waals surface area contributed by atoms with Crippen molar-refractivity contribution in [3.8, 4) is 11.3 Å². The van der Waals surface area contributed by atoms with E-state index in [1.165, 1.54) is 6.42 Å². The molecule has 5 heterocycles. The van der Waals surface area contributed by atoms with Crippen LogP contribution in [0.2, 0.25) is 5.02 Å². The summed E-state index contributed by atoms with van der Waals surface area (Å²) in [7, 11) is 2.21. The molecule has 3 aliphatic rings. The van der Waals surface area contributed by atoms with Crippen molar-refractivity contribution in [2.75, 3.05) is 61.6 Å². The maximum Gasteiger partial charge on any atom is 0.227 e. The minimum Gasteiger partial charge on any atom is -0.378 e. The van der Waals surface area contributed by atoms with E-state index >= 15 is 0 Å². The summed E-state index contributed by atoms with van der Waals surface area (Å²) < 4.78 is 5.43. The van der Waals surface area contributed by atoms with E-state index in [4.69, 9.17) is 21.3 Å². The number of nitrogens with zero attached hydrogens (tertiary/aromatic N) is 6. The van der Waals surface area contributed by atoms with Gasteiger partial charge in [0.15, 0.2) is 0 Å². The number of morpholine rings is 1. The Morgan fingerprint density at radius 2 is 1.91 bits per heavy atom. The average Bonchev–Trinajstić information content (AvgIpc) is 3.45. The number of ether oxygens (including phenoxy) is 1. The monoisotopic (exact) mass is 477 g/mol. The molecule has 3 saturated heterocycles. The average molecular weight is 478 g/mol. The fourth-order valence-electron chi connectivity index (χ4n) is 5.20. The van der Waals surface area contributed by atoms with Crippen LogP contribution < -0.4 is 15.1 Å². The summed E-state index contributed by atoms with van der Waals surface area (Å²) in [6.45, 7) is 5.36.